The fourth-order valence-corrected chi connectivity index (χ4v) is 8.17. The molecule has 0 fully saturated rings. The van der Waals surface area contributed by atoms with E-state index in [1.807, 2.05) is 0 Å². The van der Waals surface area contributed by atoms with E-state index in [4.69, 9.17) is 24.8 Å². The van der Waals surface area contributed by atoms with Gasteiger partial charge in [-0.15, -0.1) is 0 Å². The predicted molar refractivity (Wildman–Crippen MR) is 259 cm³/mol. The zero-order chi connectivity index (χ0) is 46.3. The Morgan fingerprint density at radius 2 is 0.841 bits per heavy atom. The lowest BCUT2D eigenvalue weighted by Gasteiger charge is -2.20. The van der Waals surface area contributed by atoms with E-state index in [-0.39, 0.29) is 19.4 Å². The second kappa shape index (κ2) is 46.5. The number of carbonyl (C=O) groups is 3. The van der Waals surface area contributed by atoms with Crippen molar-refractivity contribution in [2.45, 2.75) is 264 Å². The average molecular weight is 914 g/mol. The Labute approximate surface area is 385 Å². The molecule has 0 aliphatic carbocycles. The van der Waals surface area contributed by atoms with Crippen LogP contribution in [0.2, 0.25) is 0 Å². The number of carbonyl (C=O) groups excluding carboxylic acids is 2. The molecule has 0 amide bonds. The molecule has 370 valence electrons. The van der Waals surface area contributed by atoms with Crippen molar-refractivity contribution < 1.29 is 47.5 Å². The van der Waals surface area contributed by atoms with Crippen molar-refractivity contribution >= 4 is 25.7 Å². The van der Waals surface area contributed by atoms with Crippen LogP contribution < -0.4 is 5.73 Å². The number of hydrogen-bond donors (Lipinski definition) is 3. The normalized spacial score (nSPS) is 13.7. The third kappa shape index (κ3) is 46.3. The summed E-state index contributed by atoms with van der Waals surface area (Å²) in [5.41, 5.74) is 5.35. The van der Waals surface area contributed by atoms with Gasteiger partial charge in [-0.05, 0) is 44.9 Å². The van der Waals surface area contributed by atoms with E-state index >= 15 is 0 Å². The molecule has 11 nitrogen and oxygen atoms in total. The van der Waals surface area contributed by atoms with Gasteiger partial charge in [-0.25, -0.2) is 4.57 Å². The summed E-state index contributed by atoms with van der Waals surface area (Å²) < 4.78 is 32.8. The van der Waals surface area contributed by atoms with E-state index in [0.717, 1.165) is 64.2 Å². The lowest BCUT2D eigenvalue weighted by atomic mass is 10.0. The highest BCUT2D eigenvalue weighted by Gasteiger charge is 2.28. The number of allylic oxidation sites excluding steroid dienone is 4. The van der Waals surface area contributed by atoms with Gasteiger partial charge in [-0.1, -0.05) is 218 Å². The number of ether oxygens (including phenoxy) is 2. The van der Waals surface area contributed by atoms with E-state index in [0.29, 0.717) is 12.8 Å². The number of carboxylic acids is 1. The van der Waals surface area contributed by atoms with Gasteiger partial charge in [0.1, 0.15) is 12.6 Å². The first-order chi connectivity index (χ1) is 30.6. The van der Waals surface area contributed by atoms with E-state index in [9.17, 15) is 23.8 Å². The largest absolute Gasteiger partial charge is 0.480 e. The number of carboxylic acid groups (broad SMARTS) is 1. The maximum Gasteiger partial charge on any atom is 0.472 e. The summed E-state index contributed by atoms with van der Waals surface area (Å²) >= 11 is 0. The maximum atomic E-state index is 12.7. The van der Waals surface area contributed by atoms with Gasteiger partial charge < -0.3 is 25.2 Å². The first-order valence-electron chi connectivity index (χ1n) is 25.9. The molecule has 0 bridgehead atoms. The Bertz CT molecular complexity index is 1160. The molecule has 0 saturated heterocycles. The Morgan fingerprint density at radius 1 is 0.492 bits per heavy atom. The van der Waals surface area contributed by atoms with Gasteiger partial charge in [-0.2, -0.15) is 0 Å². The van der Waals surface area contributed by atoms with Crippen molar-refractivity contribution in [2.24, 2.45) is 5.73 Å². The quantitative estimate of drug-likeness (QED) is 0.0230. The van der Waals surface area contributed by atoms with Crippen LogP contribution in [0.25, 0.3) is 0 Å². The molecule has 0 aliphatic rings. The second-order valence-electron chi connectivity index (χ2n) is 17.7. The molecule has 0 radical (unpaired) electrons. The molecule has 12 heteroatoms. The number of hydrogen-bond acceptors (Lipinski definition) is 9. The van der Waals surface area contributed by atoms with Crippen molar-refractivity contribution in [2.75, 3.05) is 19.8 Å². The van der Waals surface area contributed by atoms with Crippen LogP contribution in [0.5, 0.6) is 0 Å². The third-order valence-corrected chi connectivity index (χ3v) is 12.4. The molecule has 0 aromatic rings. The summed E-state index contributed by atoms with van der Waals surface area (Å²) in [6.45, 7) is 2.82. The Hall–Kier alpha value is -2.04. The average Bonchev–Trinajstić information content (AvgIpc) is 3.26. The summed E-state index contributed by atoms with van der Waals surface area (Å²) in [4.78, 5) is 46.1. The summed E-state index contributed by atoms with van der Waals surface area (Å²) in [6.07, 6.45) is 51.0. The minimum Gasteiger partial charge on any atom is -0.480 e. The minimum absolute atomic E-state index is 0.148. The molecule has 4 N–H and O–H groups in total. The molecule has 3 atom stereocenters. The maximum absolute atomic E-state index is 12.7. The summed E-state index contributed by atoms with van der Waals surface area (Å²) in [7, 11) is -4.72. The minimum atomic E-state index is -4.72. The second-order valence-corrected chi connectivity index (χ2v) is 19.1. The highest BCUT2D eigenvalue weighted by atomic mass is 31.2. The summed E-state index contributed by atoms with van der Waals surface area (Å²) in [6, 6.07) is -1.52. The van der Waals surface area contributed by atoms with Crippen molar-refractivity contribution in [3.63, 3.8) is 0 Å². The highest BCUT2D eigenvalue weighted by molar-refractivity contribution is 7.47. The molecule has 0 heterocycles. The number of phosphoric acid groups is 1. The van der Waals surface area contributed by atoms with E-state index in [1.54, 1.807) is 0 Å². The number of nitrogens with two attached hydrogens (primary N) is 1. The molecule has 63 heavy (non-hydrogen) atoms. The van der Waals surface area contributed by atoms with Gasteiger partial charge in [0.25, 0.3) is 0 Å². The third-order valence-electron chi connectivity index (χ3n) is 11.5. The van der Waals surface area contributed by atoms with Gasteiger partial charge in [0.2, 0.25) is 0 Å². The van der Waals surface area contributed by atoms with Crippen molar-refractivity contribution in [1.29, 1.82) is 0 Å². The van der Waals surface area contributed by atoms with Gasteiger partial charge in [-0.3, -0.25) is 23.4 Å². The molecule has 0 aromatic heterocycles. The lowest BCUT2D eigenvalue weighted by Crippen LogP contribution is -2.34. The highest BCUT2D eigenvalue weighted by Crippen LogP contribution is 2.43. The fourth-order valence-electron chi connectivity index (χ4n) is 7.39. The smallest absolute Gasteiger partial charge is 0.472 e. The number of rotatable bonds is 49. The molecule has 0 spiro atoms. The Kier molecular flexibility index (Phi) is 45.0. The van der Waals surface area contributed by atoms with Crippen LogP contribution in [0.3, 0.4) is 0 Å². The number of phosphoric ester groups is 1. The molecule has 0 aliphatic heterocycles. The molecular weight excluding hydrogens is 818 g/mol. The van der Waals surface area contributed by atoms with E-state index in [1.165, 1.54) is 148 Å². The zero-order valence-corrected chi connectivity index (χ0v) is 41.3. The predicted octanol–water partition coefficient (Wildman–Crippen LogP) is 14.6. The zero-order valence-electron chi connectivity index (χ0n) is 40.4. The van der Waals surface area contributed by atoms with Crippen LogP contribution >= 0.6 is 7.82 Å². The van der Waals surface area contributed by atoms with Crippen molar-refractivity contribution in [3.05, 3.63) is 24.3 Å². The van der Waals surface area contributed by atoms with Crippen LogP contribution in [0.15, 0.2) is 24.3 Å². The molecule has 3 unspecified atom stereocenters. The fraction of sp³-hybridized carbons (Fsp3) is 0.863. The van der Waals surface area contributed by atoms with E-state index < -0.39 is 51.1 Å². The lowest BCUT2D eigenvalue weighted by molar-refractivity contribution is -0.161. The van der Waals surface area contributed by atoms with Gasteiger partial charge >= 0.3 is 25.7 Å². The van der Waals surface area contributed by atoms with E-state index in [2.05, 4.69) is 42.7 Å². The molecule has 0 saturated carbocycles. The first kappa shape index (κ1) is 61.0. The van der Waals surface area contributed by atoms with Crippen LogP contribution in [-0.2, 0) is 37.5 Å². The van der Waals surface area contributed by atoms with Crippen LogP contribution in [0.4, 0.5) is 0 Å². The first-order valence-corrected chi connectivity index (χ1v) is 27.4. The molecular formula is C51H96NO10P. The van der Waals surface area contributed by atoms with Crippen LogP contribution in [0, 0.1) is 0 Å². The Morgan fingerprint density at radius 3 is 1.25 bits per heavy atom. The standard InChI is InChI=1S/C51H96NO10P/c1-3-5-7-9-11-13-15-17-19-21-22-23-24-25-26-27-29-30-32-34-36-38-40-42-49(53)59-44-47(45-60-63(57,58)61-46-48(52)51(55)56)62-50(54)43-41-39-37-35-33-31-28-20-18-16-14-12-10-8-6-4-2/h14,16,20,28,47-48H,3-13,15,17-19,21-27,29-46,52H2,1-2H3,(H,55,56)(H,57,58)/b16-14-,28-20-. The Balaban J connectivity index is 4.19. The van der Waals surface area contributed by atoms with Crippen LogP contribution in [0.1, 0.15) is 251 Å². The summed E-state index contributed by atoms with van der Waals surface area (Å²) in [5.74, 6) is -2.38. The van der Waals surface area contributed by atoms with Crippen molar-refractivity contribution in [1.82, 2.24) is 0 Å². The molecule has 0 rings (SSSR count). The monoisotopic (exact) mass is 914 g/mol. The van der Waals surface area contributed by atoms with Gasteiger partial charge in [0.15, 0.2) is 6.10 Å². The number of esters is 2. The van der Waals surface area contributed by atoms with Gasteiger partial charge in [0.05, 0.1) is 13.2 Å². The van der Waals surface area contributed by atoms with Gasteiger partial charge in [0, 0.05) is 12.8 Å². The topological polar surface area (TPSA) is 172 Å². The summed E-state index contributed by atoms with van der Waals surface area (Å²) in [5, 5.41) is 8.92. The SMILES string of the molecule is CCCCCC/C=C\C/C=C\CCCCCCCC(=O)OC(COC(=O)CCCCCCCCCCCCCCCCCCCCCCCCC)COP(=O)(O)OCC(N)C(=O)O. The van der Waals surface area contributed by atoms with Crippen molar-refractivity contribution in [3.8, 4) is 0 Å². The number of aliphatic carboxylic acids is 1. The number of unbranched alkanes of at least 4 members (excludes halogenated alkanes) is 31. The van der Waals surface area contributed by atoms with Crippen LogP contribution in [-0.4, -0.2) is 59.9 Å². The molecule has 0 aromatic carbocycles.